The molecule has 2 aromatic carbocycles. The highest BCUT2D eigenvalue weighted by atomic mass is 79.9. The van der Waals surface area contributed by atoms with Crippen molar-refractivity contribution in [2.45, 2.75) is 26.1 Å². The topological polar surface area (TPSA) is 58.6 Å². The van der Waals surface area contributed by atoms with E-state index in [0.717, 1.165) is 4.47 Å². The summed E-state index contributed by atoms with van der Waals surface area (Å²) in [5.41, 5.74) is 0.539. The second-order valence-electron chi connectivity index (χ2n) is 6.05. The highest BCUT2D eigenvalue weighted by Gasteiger charge is 2.24. The standard InChI is InChI=1S/C19H21BrFNO3/c1-12(2)18(25-16-9-5-14(20)6-10-16)19(24)22-11-17(23)13-3-7-15(21)8-4-13/h3-10,12,17-18,23H,11H2,1-2H3,(H,22,24). The van der Waals surface area contributed by atoms with Crippen molar-refractivity contribution in [3.8, 4) is 5.75 Å². The minimum absolute atomic E-state index is 0.0252. The van der Waals surface area contributed by atoms with Gasteiger partial charge in [-0.1, -0.05) is 41.9 Å². The molecule has 2 unspecified atom stereocenters. The largest absolute Gasteiger partial charge is 0.480 e. The maximum absolute atomic E-state index is 12.9. The Hall–Kier alpha value is -1.92. The minimum Gasteiger partial charge on any atom is -0.480 e. The van der Waals surface area contributed by atoms with Crippen LogP contribution in [0, 0.1) is 11.7 Å². The second kappa shape index (κ2) is 8.97. The van der Waals surface area contributed by atoms with Gasteiger partial charge in [0, 0.05) is 11.0 Å². The number of benzene rings is 2. The maximum atomic E-state index is 12.9. The van der Waals surface area contributed by atoms with Crippen LogP contribution in [-0.2, 0) is 4.79 Å². The Bertz CT molecular complexity index is 689. The predicted octanol–water partition coefficient (Wildman–Crippen LogP) is 3.84. The van der Waals surface area contributed by atoms with Crippen LogP contribution in [0.25, 0.3) is 0 Å². The van der Waals surface area contributed by atoms with Gasteiger partial charge in [-0.15, -0.1) is 0 Å². The maximum Gasteiger partial charge on any atom is 0.261 e. The number of aliphatic hydroxyl groups excluding tert-OH is 1. The van der Waals surface area contributed by atoms with E-state index in [-0.39, 0.29) is 24.2 Å². The quantitative estimate of drug-likeness (QED) is 0.730. The summed E-state index contributed by atoms with van der Waals surface area (Å²) in [7, 11) is 0. The number of hydrogen-bond donors (Lipinski definition) is 2. The van der Waals surface area contributed by atoms with E-state index in [1.165, 1.54) is 24.3 Å². The average Bonchev–Trinajstić information content (AvgIpc) is 2.59. The van der Waals surface area contributed by atoms with Gasteiger partial charge in [-0.05, 0) is 47.9 Å². The summed E-state index contributed by atoms with van der Waals surface area (Å²) in [6.45, 7) is 3.80. The van der Waals surface area contributed by atoms with Crippen LogP contribution in [-0.4, -0.2) is 23.7 Å². The first kappa shape index (κ1) is 19.4. The van der Waals surface area contributed by atoms with Crippen molar-refractivity contribution in [1.29, 1.82) is 0 Å². The molecule has 25 heavy (non-hydrogen) atoms. The number of hydrogen-bond acceptors (Lipinski definition) is 3. The normalized spacial score (nSPS) is 13.4. The third-order valence-corrected chi connectivity index (χ3v) is 4.19. The van der Waals surface area contributed by atoms with Gasteiger partial charge in [0.2, 0.25) is 0 Å². The molecule has 0 aliphatic heterocycles. The van der Waals surface area contributed by atoms with Gasteiger partial charge in [0.15, 0.2) is 6.10 Å². The molecule has 4 nitrogen and oxygen atoms in total. The lowest BCUT2D eigenvalue weighted by Crippen LogP contribution is -2.43. The molecule has 2 aromatic rings. The zero-order valence-electron chi connectivity index (χ0n) is 14.1. The number of amides is 1. The summed E-state index contributed by atoms with van der Waals surface area (Å²) in [6, 6.07) is 12.8. The number of halogens is 2. The SMILES string of the molecule is CC(C)C(Oc1ccc(Br)cc1)C(=O)NCC(O)c1ccc(F)cc1. The lowest BCUT2D eigenvalue weighted by Gasteiger charge is -2.23. The van der Waals surface area contributed by atoms with Crippen LogP contribution in [0.1, 0.15) is 25.5 Å². The summed E-state index contributed by atoms with van der Waals surface area (Å²) >= 11 is 3.35. The Balaban J connectivity index is 1.95. The summed E-state index contributed by atoms with van der Waals surface area (Å²) in [6.07, 6.45) is -1.59. The monoisotopic (exact) mass is 409 g/mol. The molecule has 0 spiro atoms. The van der Waals surface area contributed by atoms with Gasteiger partial charge in [-0.2, -0.15) is 0 Å². The first-order valence-corrected chi connectivity index (χ1v) is 8.79. The molecule has 0 saturated carbocycles. The van der Waals surface area contributed by atoms with E-state index < -0.39 is 12.2 Å². The fourth-order valence-electron chi connectivity index (χ4n) is 2.25. The summed E-state index contributed by atoms with van der Waals surface area (Å²) in [5.74, 6) is -0.135. The molecule has 0 radical (unpaired) electrons. The van der Waals surface area contributed by atoms with Crippen LogP contribution in [0.3, 0.4) is 0 Å². The van der Waals surface area contributed by atoms with Crippen LogP contribution in [0.5, 0.6) is 5.75 Å². The van der Waals surface area contributed by atoms with Crippen LogP contribution in [0.4, 0.5) is 4.39 Å². The molecule has 1 amide bonds. The average molecular weight is 410 g/mol. The third kappa shape index (κ3) is 5.83. The first-order valence-electron chi connectivity index (χ1n) is 8.00. The molecule has 0 saturated heterocycles. The molecule has 0 heterocycles. The first-order chi connectivity index (χ1) is 11.9. The van der Waals surface area contributed by atoms with Gasteiger partial charge in [-0.25, -0.2) is 4.39 Å². The number of rotatable bonds is 7. The highest BCUT2D eigenvalue weighted by molar-refractivity contribution is 9.10. The molecule has 0 aliphatic rings. The zero-order valence-corrected chi connectivity index (χ0v) is 15.7. The molecule has 0 bridgehead atoms. The molecule has 0 aliphatic carbocycles. The summed E-state index contributed by atoms with van der Waals surface area (Å²) < 4.78 is 19.6. The Labute approximate surface area is 155 Å². The van der Waals surface area contributed by atoms with E-state index >= 15 is 0 Å². The zero-order chi connectivity index (χ0) is 18.4. The molecule has 2 rings (SSSR count). The Morgan fingerprint density at radius 1 is 1.16 bits per heavy atom. The van der Waals surface area contributed by atoms with Crippen molar-refractivity contribution in [3.63, 3.8) is 0 Å². The van der Waals surface area contributed by atoms with E-state index in [0.29, 0.717) is 11.3 Å². The minimum atomic E-state index is -0.912. The summed E-state index contributed by atoms with van der Waals surface area (Å²) in [5, 5.41) is 12.8. The smallest absolute Gasteiger partial charge is 0.261 e. The number of nitrogens with one attached hydrogen (secondary N) is 1. The third-order valence-electron chi connectivity index (χ3n) is 3.67. The van der Waals surface area contributed by atoms with Crippen LogP contribution in [0.2, 0.25) is 0 Å². The van der Waals surface area contributed by atoms with Crippen molar-refractivity contribution in [2.75, 3.05) is 6.54 Å². The van der Waals surface area contributed by atoms with Crippen molar-refractivity contribution in [2.24, 2.45) is 5.92 Å². The molecule has 134 valence electrons. The van der Waals surface area contributed by atoms with Gasteiger partial charge in [0.1, 0.15) is 11.6 Å². The Kier molecular flexibility index (Phi) is 6.96. The van der Waals surface area contributed by atoms with E-state index in [9.17, 15) is 14.3 Å². The van der Waals surface area contributed by atoms with Gasteiger partial charge in [0.25, 0.3) is 5.91 Å². The molecular weight excluding hydrogens is 389 g/mol. The van der Waals surface area contributed by atoms with E-state index in [1.54, 1.807) is 12.1 Å². The molecule has 0 fully saturated rings. The highest BCUT2D eigenvalue weighted by Crippen LogP contribution is 2.20. The van der Waals surface area contributed by atoms with E-state index in [1.807, 2.05) is 26.0 Å². The van der Waals surface area contributed by atoms with Crippen molar-refractivity contribution in [1.82, 2.24) is 5.32 Å². The van der Waals surface area contributed by atoms with Gasteiger partial charge in [0.05, 0.1) is 6.10 Å². The Morgan fingerprint density at radius 3 is 2.32 bits per heavy atom. The summed E-state index contributed by atoms with van der Waals surface area (Å²) in [4.78, 5) is 12.4. The molecule has 0 aromatic heterocycles. The van der Waals surface area contributed by atoms with Gasteiger partial charge in [-0.3, -0.25) is 4.79 Å². The van der Waals surface area contributed by atoms with Crippen LogP contribution < -0.4 is 10.1 Å². The van der Waals surface area contributed by atoms with Gasteiger partial charge < -0.3 is 15.2 Å². The van der Waals surface area contributed by atoms with Crippen LogP contribution >= 0.6 is 15.9 Å². The molecule has 6 heteroatoms. The van der Waals surface area contributed by atoms with Crippen molar-refractivity contribution >= 4 is 21.8 Å². The fraction of sp³-hybridized carbons (Fsp3) is 0.316. The molecular formula is C19H21BrFNO3. The van der Waals surface area contributed by atoms with E-state index in [4.69, 9.17) is 4.74 Å². The van der Waals surface area contributed by atoms with Crippen molar-refractivity contribution in [3.05, 3.63) is 64.4 Å². The lowest BCUT2D eigenvalue weighted by atomic mass is 10.1. The Morgan fingerprint density at radius 2 is 1.76 bits per heavy atom. The van der Waals surface area contributed by atoms with Crippen LogP contribution in [0.15, 0.2) is 53.0 Å². The molecule has 2 N–H and O–H groups in total. The fourth-order valence-corrected chi connectivity index (χ4v) is 2.52. The number of ether oxygens (including phenoxy) is 1. The molecule has 2 atom stereocenters. The van der Waals surface area contributed by atoms with Gasteiger partial charge >= 0.3 is 0 Å². The van der Waals surface area contributed by atoms with Crippen molar-refractivity contribution < 1.29 is 19.0 Å². The second-order valence-corrected chi connectivity index (χ2v) is 6.96. The predicted molar refractivity (Wildman–Crippen MR) is 97.8 cm³/mol. The number of aliphatic hydroxyl groups is 1. The van der Waals surface area contributed by atoms with E-state index in [2.05, 4.69) is 21.2 Å². The lowest BCUT2D eigenvalue weighted by molar-refractivity contribution is -0.130. The number of carbonyl (C=O) groups is 1. The number of carbonyl (C=O) groups excluding carboxylic acids is 1.